The van der Waals surface area contributed by atoms with Gasteiger partial charge in [0.25, 0.3) is 0 Å². The van der Waals surface area contributed by atoms with Gasteiger partial charge < -0.3 is 5.11 Å². The van der Waals surface area contributed by atoms with Crippen LogP contribution in [0.15, 0.2) is 12.7 Å². The van der Waals surface area contributed by atoms with Gasteiger partial charge in [0.15, 0.2) is 0 Å². The van der Waals surface area contributed by atoms with Crippen molar-refractivity contribution in [2.24, 2.45) is 5.92 Å². The third-order valence-electron chi connectivity index (χ3n) is 3.02. The molecule has 1 unspecified atom stereocenters. The average Bonchev–Trinajstić information content (AvgIpc) is 2.33. The van der Waals surface area contributed by atoms with Crippen LogP contribution in [0.25, 0.3) is 0 Å². The molecule has 0 aromatic carbocycles. The molecule has 0 radical (unpaired) electrons. The number of hydrogen-bond acceptors (Lipinski definition) is 1. The number of rotatable bonds is 4. The Balaban J connectivity index is 2.20. The van der Waals surface area contributed by atoms with E-state index in [1.165, 1.54) is 38.5 Å². The summed E-state index contributed by atoms with van der Waals surface area (Å²) in [4.78, 5) is 0. The minimum absolute atomic E-state index is 0.138. The molecule has 1 atom stereocenters. The summed E-state index contributed by atoms with van der Waals surface area (Å²) < 4.78 is 0. The predicted molar refractivity (Wildman–Crippen MR) is 56.6 cm³/mol. The van der Waals surface area contributed by atoms with Gasteiger partial charge in [-0.15, -0.1) is 6.58 Å². The normalized spacial score (nSPS) is 22.2. The molecule has 0 saturated heterocycles. The maximum absolute atomic E-state index is 9.62. The van der Waals surface area contributed by atoms with Crippen LogP contribution in [0.5, 0.6) is 0 Å². The second-order valence-corrected chi connectivity index (χ2v) is 4.27. The highest BCUT2D eigenvalue weighted by Gasteiger charge is 2.15. The Bertz CT molecular complexity index is 134. The molecule has 0 aromatic heterocycles. The van der Waals surface area contributed by atoms with E-state index in [9.17, 15) is 5.11 Å². The van der Waals surface area contributed by atoms with Crippen LogP contribution in [0.4, 0.5) is 0 Å². The maximum atomic E-state index is 9.62. The van der Waals surface area contributed by atoms with Gasteiger partial charge in [0.1, 0.15) is 0 Å². The van der Waals surface area contributed by atoms with E-state index < -0.39 is 0 Å². The molecular formula is C12H22O. The molecule has 1 aliphatic rings. The van der Waals surface area contributed by atoms with Gasteiger partial charge in [-0.2, -0.15) is 0 Å². The van der Waals surface area contributed by atoms with Crippen LogP contribution in [-0.4, -0.2) is 11.2 Å². The summed E-state index contributed by atoms with van der Waals surface area (Å²) in [5, 5.41) is 9.62. The molecule has 1 N–H and O–H groups in total. The van der Waals surface area contributed by atoms with Gasteiger partial charge in [-0.3, -0.25) is 0 Å². The first kappa shape index (κ1) is 10.8. The lowest BCUT2D eigenvalue weighted by Crippen LogP contribution is -2.12. The fraction of sp³-hybridized carbons (Fsp3) is 0.833. The molecule has 1 nitrogen and oxygen atoms in total. The zero-order chi connectivity index (χ0) is 9.52. The van der Waals surface area contributed by atoms with Crippen LogP contribution in [0.2, 0.25) is 0 Å². The summed E-state index contributed by atoms with van der Waals surface area (Å²) in [6.07, 6.45) is 11.6. The van der Waals surface area contributed by atoms with E-state index >= 15 is 0 Å². The van der Waals surface area contributed by atoms with Gasteiger partial charge in [-0.05, 0) is 18.8 Å². The number of aliphatic hydroxyl groups is 1. The molecule has 0 bridgehead atoms. The molecule has 1 heteroatoms. The van der Waals surface area contributed by atoms with Crippen LogP contribution in [-0.2, 0) is 0 Å². The van der Waals surface area contributed by atoms with Crippen molar-refractivity contribution in [2.75, 3.05) is 0 Å². The topological polar surface area (TPSA) is 20.2 Å². The second kappa shape index (κ2) is 6.20. The lowest BCUT2D eigenvalue weighted by molar-refractivity contribution is 0.140. The van der Waals surface area contributed by atoms with Crippen LogP contribution in [0.3, 0.4) is 0 Å². The summed E-state index contributed by atoms with van der Waals surface area (Å²) in [6.45, 7) is 3.65. The van der Waals surface area contributed by atoms with Gasteiger partial charge in [-0.25, -0.2) is 0 Å². The van der Waals surface area contributed by atoms with Gasteiger partial charge in [0, 0.05) is 0 Å². The van der Waals surface area contributed by atoms with Crippen LogP contribution in [0.1, 0.15) is 51.4 Å². The highest BCUT2D eigenvalue weighted by atomic mass is 16.3. The SMILES string of the molecule is C=CCC(O)CC1CCCCCC1. The molecule has 1 rings (SSSR count). The van der Waals surface area contributed by atoms with Crippen LogP contribution >= 0.6 is 0 Å². The summed E-state index contributed by atoms with van der Waals surface area (Å²) in [5.41, 5.74) is 0. The Morgan fingerprint density at radius 1 is 1.23 bits per heavy atom. The molecule has 1 aliphatic carbocycles. The number of aliphatic hydroxyl groups excluding tert-OH is 1. The Morgan fingerprint density at radius 3 is 2.38 bits per heavy atom. The zero-order valence-electron chi connectivity index (χ0n) is 8.54. The van der Waals surface area contributed by atoms with E-state index in [4.69, 9.17) is 0 Å². The Labute approximate surface area is 81.9 Å². The third-order valence-corrected chi connectivity index (χ3v) is 3.02. The van der Waals surface area contributed by atoms with Crippen LogP contribution < -0.4 is 0 Å². The molecular weight excluding hydrogens is 160 g/mol. The van der Waals surface area contributed by atoms with E-state index in [1.54, 1.807) is 0 Å². The van der Waals surface area contributed by atoms with E-state index in [0.29, 0.717) is 0 Å². The molecule has 0 aliphatic heterocycles. The van der Waals surface area contributed by atoms with Crippen molar-refractivity contribution < 1.29 is 5.11 Å². The average molecular weight is 182 g/mol. The minimum Gasteiger partial charge on any atom is -0.393 e. The summed E-state index contributed by atoms with van der Waals surface area (Å²) in [5.74, 6) is 0.775. The summed E-state index contributed by atoms with van der Waals surface area (Å²) >= 11 is 0. The minimum atomic E-state index is -0.138. The predicted octanol–water partition coefficient (Wildman–Crippen LogP) is 3.28. The van der Waals surface area contributed by atoms with E-state index in [2.05, 4.69) is 6.58 Å². The van der Waals surface area contributed by atoms with Gasteiger partial charge in [0.2, 0.25) is 0 Å². The van der Waals surface area contributed by atoms with Crippen molar-refractivity contribution >= 4 is 0 Å². The summed E-state index contributed by atoms with van der Waals surface area (Å²) in [7, 11) is 0. The maximum Gasteiger partial charge on any atom is 0.0577 e. The van der Waals surface area contributed by atoms with E-state index in [1.807, 2.05) is 6.08 Å². The lowest BCUT2D eigenvalue weighted by atomic mass is 9.93. The van der Waals surface area contributed by atoms with Crippen molar-refractivity contribution in [3.05, 3.63) is 12.7 Å². The first-order chi connectivity index (χ1) is 6.33. The van der Waals surface area contributed by atoms with Gasteiger partial charge in [0.05, 0.1) is 6.10 Å². The highest BCUT2D eigenvalue weighted by molar-refractivity contribution is 4.75. The fourth-order valence-corrected chi connectivity index (χ4v) is 2.27. The Hall–Kier alpha value is -0.300. The third kappa shape index (κ3) is 4.47. The molecule has 0 heterocycles. The quantitative estimate of drug-likeness (QED) is 0.522. The lowest BCUT2D eigenvalue weighted by Gasteiger charge is -2.17. The fourth-order valence-electron chi connectivity index (χ4n) is 2.27. The second-order valence-electron chi connectivity index (χ2n) is 4.27. The van der Waals surface area contributed by atoms with E-state index in [0.717, 1.165) is 18.8 Å². The first-order valence-corrected chi connectivity index (χ1v) is 5.62. The zero-order valence-corrected chi connectivity index (χ0v) is 8.54. The number of hydrogen-bond donors (Lipinski definition) is 1. The van der Waals surface area contributed by atoms with Crippen LogP contribution in [0, 0.1) is 5.92 Å². The van der Waals surface area contributed by atoms with Crippen molar-refractivity contribution in [3.8, 4) is 0 Å². The van der Waals surface area contributed by atoms with Crippen molar-refractivity contribution in [1.82, 2.24) is 0 Å². The smallest absolute Gasteiger partial charge is 0.0577 e. The molecule has 1 saturated carbocycles. The van der Waals surface area contributed by atoms with Crippen molar-refractivity contribution in [1.29, 1.82) is 0 Å². The Kier molecular flexibility index (Phi) is 5.14. The highest BCUT2D eigenvalue weighted by Crippen LogP contribution is 2.26. The van der Waals surface area contributed by atoms with E-state index in [-0.39, 0.29) is 6.10 Å². The standard InChI is InChI=1S/C12H22O/c1-2-7-12(13)10-11-8-5-3-4-6-9-11/h2,11-13H,1,3-10H2. The first-order valence-electron chi connectivity index (χ1n) is 5.62. The molecule has 13 heavy (non-hydrogen) atoms. The molecule has 1 fully saturated rings. The van der Waals surface area contributed by atoms with Crippen molar-refractivity contribution in [2.45, 2.75) is 57.5 Å². The van der Waals surface area contributed by atoms with Gasteiger partial charge >= 0.3 is 0 Å². The Morgan fingerprint density at radius 2 is 1.85 bits per heavy atom. The van der Waals surface area contributed by atoms with Gasteiger partial charge in [-0.1, -0.05) is 44.6 Å². The molecule has 76 valence electrons. The molecule has 0 amide bonds. The molecule has 0 spiro atoms. The monoisotopic (exact) mass is 182 g/mol. The summed E-state index contributed by atoms with van der Waals surface area (Å²) in [6, 6.07) is 0. The van der Waals surface area contributed by atoms with Crippen molar-refractivity contribution in [3.63, 3.8) is 0 Å². The largest absolute Gasteiger partial charge is 0.393 e. The molecule has 0 aromatic rings.